The normalized spacial score (nSPS) is 10.5. The summed E-state index contributed by atoms with van der Waals surface area (Å²) in [6.45, 7) is 6.79. The number of carbonyl (C=O) groups excluding carboxylic acids is 2. The molecular formula is C16H22N2O4. The Labute approximate surface area is 130 Å². The van der Waals surface area contributed by atoms with E-state index in [9.17, 15) is 14.4 Å². The molecule has 0 heterocycles. The second-order valence-electron chi connectivity index (χ2n) is 4.51. The number of rotatable bonds is 6. The lowest BCUT2D eigenvalue weighted by atomic mass is 10.2. The lowest BCUT2D eigenvalue weighted by molar-refractivity contribution is -0.141. The van der Waals surface area contributed by atoms with E-state index < -0.39 is 12.0 Å². The second-order valence-corrected chi connectivity index (χ2v) is 4.51. The molecule has 2 amide bonds. The third-order valence-corrected chi connectivity index (χ3v) is 2.46. The first-order valence-electron chi connectivity index (χ1n) is 6.76. The lowest BCUT2D eigenvalue weighted by Crippen LogP contribution is -2.39. The Kier molecular flexibility index (Phi) is 9.75. The van der Waals surface area contributed by atoms with E-state index in [0.717, 1.165) is 5.56 Å². The third kappa shape index (κ3) is 10.2. The molecular weight excluding hydrogens is 284 g/mol. The van der Waals surface area contributed by atoms with Gasteiger partial charge in [-0.1, -0.05) is 36.4 Å². The summed E-state index contributed by atoms with van der Waals surface area (Å²) >= 11 is 0. The number of amides is 2. The van der Waals surface area contributed by atoms with Gasteiger partial charge in [0.15, 0.2) is 0 Å². The minimum Gasteiger partial charge on any atom is -0.480 e. The molecule has 6 heteroatoms. The van der Waals surface area contributed by atoms with E-state index in [1.54, 1.807) is 0 Å². The molecule has 1 aromatic rings. The summed E-state index contributed by atoms with van der Waals surface area (Å²) in [4.78, 5) is 31.3. The number of hydrogen-bond donors (Lipinski definition) is 3. The van der Waals surface area contributed by atoms with E-state index in [4.69, 9.17) is 5.11 Å². The molecule has 0 aliphatic heterocycles. The van der Waals surface area contributed by atoms with Crippen molar-refractivity contribution >= 4 is 17.8 Å². The number of benzene rings is 1. The van der Waals surface area contributed by atoms with Gasteiger partial charge < -0.3 is 15.7 Å². The van der Waals surface area contributed by atoms with Gasteiger partial charge in [-0.25, -0.2) is 4.79 Å². The van der Waals surface area contributed by atoms with Crippen LogP contribution in [0, 0.1) is 0 Å². The van der Waals surface area contributed by atoms with Crippen LogP contribution in [0.25, 0.3) is 0 Å². The van der Waals surface area contributed by atoms with Gasteiger partial charge in [0.25, 0.3) is 0 Å². The SMILES string of the molecule is C=CCC(NC(C)=O)C(=O)O.CC(=O)NCc1ccccc1. The average molecular weight is 306 g/mol. The van der Waals surface area contributed by atoms with Crippen molar-refractivity contribution in [1.29, 1.82) is 0 Å². The van der Waals surface area contributed by atoms with Gasteiger partial charge in [-0.2, -0.15) is 0 Å². The van der Waals surface area contributed by atoms with Crippen LogP contribution in [0.5, 0.6) is 0 Å². The first-order chi connectivity index (χ1) is 10.4. The average Bonchev–Trinajstić information content (AvgIpc) is 2.46. The van der Waals surface area contributed by atoms with Crippen LogP contribution in [-0.4, -0.2) is 28.9 Å². The minimum absolute atomic E-state index is 0.00820. The highest BCUT2D eigenvalue weighted by Gasteiger charge is 2.15. The number of hydrogen-bond acceptors (Lipinski definition) is 3. The maximum Gasteiger partial charge on any atom is 0.326 e. The molecule has 0 aromatic heterocycles. The van der Waals surface area contributed by atoms with Gasteiger partial charge in [0, 0.05) is 20.4 Å². The van der Waals surface area contributed by atoms with E-state index >= 15 is 0 Å². The molecule has 0 saturated carbocycles. The fraction of sp³-hybridized carbons (Fsp3) is 0.312. The van der Waals surface area contributed by atoms with Crippen LogP contribution >= 0.6 is 0 Å². The molecule has 120 valence electrons. The molecule has 0 radical (unpaired) electrons. The number of carbonyl (C=O) groups is 3. The number of carboxylic acid groups (broad SMARTS) is 1. The van der Waals surface area contributed by atoms with Crippen molar-refractivity contribution in [2.45, 2.75) is 32.9 Å². The predicted octanol–water partition coefficient (Wildman–Crippen LogP) is 1.47. The summed E-state index contributed by atoms with van der Waals surface area (Å²) < 4.78 is 0. The highest BCUT2D eigenvalue weighted by molar-refractivity contribution is 5.82. The summed E-state index contributed by atoms with van der Waals surface area (Å²) in [5.41, 5.74) is 1.13. The molecule has 0 bridgehead atoms. The van der Waals surface area contributed by atoms with Gasteiger partial charge in [0.1, 0.15) is 6.04 Å². The highest BCUT2D eigenvalue weighted by atomic mass is 16.4. The highest BCUT2D eigenvalue weighted by Crippen LogP contribution is 1.96. The van der Waals surface area contributed by atoms with Crippen LogP contribution in [0.15, 0.2) is 43.0 Å². The number of aliphatic carboxylic acids is 1. The van der Waals surface area contributed by atoms with Gasteiger partial charge in [0.2, 0.25) is 11.8 Å². The molecule has 1 aromatic carbocycles. The van der Waals surface area contributed by atoms with Crippen molar-refractivity contribution in [3.05, 3.63) is 48.6 Å². The Hall–Kier alpha value is -2.63. The van der Waals surface area contributed by atoms with E-state index in [0.29, 0.717) is 6.54 Å². The van der Waals surface area contributed by atoms with Crippen LogP contribution < -0.4 is 10.6 Å². The molecule has 0 aliphatic rings. The maximum atomic E-state index is 10.5. The fourth-order valence-electron chi connectivity index (χ4n) is 1.46. The van der Waals surface area contributed by atoms with Crippen LogP contribution in [0.1, 0.15) is 25.8 Å². The standard InChI is InChI=1S/C9H11NO.C7H11NO3/c1-8(11)10-7-9-5-3-2-4-6-9;1-3-4-6(7(10)11)8-5(2)9/h2-6H,7H2,1H3,(H,10,11);3,6H,1,4H2,2H3,(H,8,9)(H,10,11). The summed E-state index contributed by atoms with van der Waals surface area (Å²) in [5.74, 6) is -1.38. The molecule has 0 fully saturated rings. The summed E-state index contributed by atoms with van der Waals surface area (Å²) in [6, 6.07) is 8.99. The molecule has 22 heavy (non-hydrogen) atoms. The molecule has 0 saturated heterocycles. The van der Waals surface area contributed by atoms with Crippen molar-refractivity contribution in [2.75, 3.05) is 0 Å². The smallest absolute Gasteiger partial charge is 0.326 e. The fourth-order valence-corrected chi connectivity index (χ4v) is 1.46. The second kappa shape index (κ2) is 11.1. The molecule has 1 atom stereocenters. The van der Waals surface area contributed by atoms with Gasteiger partial charge in [-0.3, -0.25) is 9.59 Å². The first kappa shape index (κ1) is 19.4. The van der Waals surface area contributed by atoms with Crippen molar-refractivity contribution in [3.8, 4) is 0 Å². The lowest BCUT2D eigenvalue weighted by Gasteiger charge is -2.09. The number of carboxylic acids is 1. The minimum atomic E-state index is -1.04. The largest absolute Gasteiger partial charge is 0.480 e. The van der Waals surface area contributed by atoms with E-state index in [2.05, 4.69) is 17.2 Å². The Balaban J connectivity index is 0.000000401. The van der Waals surface area contributed by atoms with Crippen molar-refractivity contribution in [3.63, 3.8) is 0 Å². The molecule has 1 rings (SSSR count). The Morgan fingerprint density at radius 1 is 1.18 bits per heavy atom. The molecule has 3 N–H and O–H groups in total. The molecule has 0 spiro atoms. The van der Waals surface area contributed by atoms with Crippen molar-refractivity contribution < 1.29 is 19.5 Å². The van der Waals surface area contributed by atoms with E-state index in [1.807, 2.05) is 30.3 Å². The maximum absolute atomic E-state index is 10.5. The van der Waals surface area contributed by atoms with Crippen molar-refractivity contribution in [2.24, 2.45) is 0 Å². The van der Waals surface area contributed by atoms with Gasteiger partial charge in [0.05, 0.1) is 0 Å². The van der Waals surface area contributed by atoms with Crippen molar-refractivity contribution in [1.82, 2.24) is 10.6 Å². The van der Waals surface area contributed by atoms with E-state index in [-0.39, 0.29) is 18.2 Å². The summed E-state index contributed by atoms with van der Waals surface area (Å²) in [5, 5.41) is 13.5. The Morgan fingerprint density at radius 3 is 2.18 bits per heavy atom. The Bertz CT molecular complexity index is 500. The van der Waals surface area contributed by atoms with Crippen LogP contribution in [0.3, 0.4) is 0 Å². The van der Waals surface area contributed by atoms with Gasteiger partial charge in [-0.05, 0) is 12.0 Å². The number of nitrogens with one attached hydrogen (secondary N) is 2. The van der Waals surface area contributed by atoms with Crippen LogP contribution in [0.2, 0.25) is 0 Å². The van der Waals surface area contributed by atoms with Gasteiger partial charge >= 0.3 is 5.97 Å². The predicted molar refractivity (Wildman–Crippen MR) is 84.0 cm³/mol. The molecule has 6 nitrogen and oxygen atoms in total. The first-order valence-corrected chi connectivity index (χ1v) is 6.76. The summed E-state index contributed by atoms with van der Waals surface area (Å²) in [7, 11) is 0. The zero-order valence-electron chi connectivity index (χ0n) is 12.8. The summed E-state index contributed by atoms with van der Waals surface area (Å²) in [6.07, 6.45) is 1.70. The third-order valence-electron chi connectivity index (χ3n) is 2.46. The van der Waals surface area contributed by atoms with Crippen LogP contribution in [-0.2, 0) is 20.9 Å². The Morgan fingerprint density at radius 2 is 1.77 bits per heavy atom. The monoisotopic (exact) mass is 306 g/mol. The zero-order chi connectivity index (χ0) is 17.0. The quantitative estimate of drug-likeness (QED) is 0.694. The van der Waals surface area contributed by atoms with Crippen LogP contribution in [0.4, 0.5) is 0 Å². The topological polar surface area (TPSA) is 95.5 Å². The molecule has 1 unspecified atom stereocenters. The molecule has 0 aliphatic carbocycles. The van der Waals surface area contributed by atoms with Gasteiger partial charge in [-0.15, -0.1) is 6.58 Å². The van der Waals surface area contributed by atoms with E-state index in [1.165, 1.54) is 19.9 Å². The zero-order valence-corrected chi connectivity index (χ0v) is 12.8.